The molecule has 1 fully saturated rings. The van der Waals surface area contributed by atoms with E-state index in [0.29, 0.717) is 17.2 Å². The molecule has 0 unspecified atom stereocenters. The number of ether oxygens (including phenoxy) is 4. The number of carbonyl (C=O) groups excluding carboxylic acids is 2. The minimum absolute atomic E-state index is 0.104. The standard InChI is InChI=1S/C22H25NO6/c1-15-4-6-17(7-5-15)28-10-11-29-22(25)16-12-21(24)23(14-16)19-9-8-18(26-2)13-20(19)27-3/h4-9,13,16H,10-12,14H2,1-3H3/t16-/m1/s1. The molecule has 1 saturated heterocycles. The molecule has 0 saturated carbocycles. The van der Waals surface area contributed by atoms with Crippen molar-refractivity contribution in [1.29, 1.82) is 0 Å². The summed E-state index contributed by atoms with van der Waals surface area (Å²) < 4.78 is 21.4. The molecule has 1 amide bonds. The Morgan fingerprint density at radius 1 is 1.03 bits per heavy atom. The van der Waals surface area contributed by atoms with E-state index < -0.39 is 11.9 Å². The van der Waals surface area contributed by atoms with Crippen LogP contribution in [0.15, 0.2) is 42.5 Å². The molecule has 0 radical (unpaired) electrons. The number of amides is 1. The number of benzene rings is 2. The quantitative estimate of drug-likeness (QED) is 0.502. The maximum atomic E-state index is 12.5. The Kier molecular flexibility index (Phi) is 6.59. The molecule has 1 atom stereocenters. The summed E-state index contributed by atoms with van der Waals surface area (Å²) in [5.41, 5.74) is 1.75. The van der Waals surface area contributed by atoms with Gasteiger partial charge in [-0.1, -0.05) is 17.7 Å². The average Bonchev–Trinajstić information content (AvgIpc) is 3.13. The Balaban J connectivity index is 1.53. The predicted octanol–water partition coefficient (Wildman–Crippen LogP) is 2.99. The van der Waals surface area contributed by atoms with E-state index >= 15 is 0 Å². The van der Waals surface area contributed by atoms with Gasteiger partial charge in [-0.05, 0) is 31.2 Å². The molecule has 7 nitrogen and oxygen atoms in total. The lowest BCUT2D eigenvalue weighted by Crippen LogP contribution is -2.27. The Bertz CT molecular complexity index is 864. The highest BCUT2D eigenvalue weighted by Crippen LogP contribution is 2.36. The molecule has 2 aromatic rings. The van der Waals surface area contributed by atoms with E-state index in [1.54, 1.807) is 30.2 Å². The fourth-order valence-corrected chi connectivity index (χ4v) is 3.16. The van der Waals surface area contributed by atoms with Crippen LogP contribution in [0.4, 0.5) is 5.69 Å². The number of anilines is 1. The second kappa shape index (κ2) is 9.32. The van der Waals surface area contributed by atoms with Gasteiger partial charge in [0.05, 0.1) is 25.8 Å². The molecule has 0 spiro atoms. The van der Waals surface area contributed by atoms with Crippen LogP contribution in [-0.4, -0.2) is 45.9 Å². The summed E-state index contributed by atoms with van der Waals surface area (Å²) in [5, 5.41) is 0. The molecule has 2 aromatic carbocycles. The monoisotopic (exact) mass is 399 g/mol. The minimum atomic E-state index is -0.520. The molecule has 0 aliphatic carbocycles. The van der Waals surface area contributed by atoms with Gasteiger partial charge in [0.2, 0.25) is 5.91 Å². The molecule has 0 aromatic heterocycles. The number of carbonyl (C=O) groups is 2. The van der Waals surface area contributed by atoms with E-state index in [-0.39, 0.29) is 32.1 Å². The molecule has 7 heteroatoms. The van der Waals surface area contributed by atoms with Crippen molar-refractivity contribution in [2.24, 2.45) is 5.92 Å². The molecule has 154 valence electrons. The number of methoxy groups -OCH3 is 2. The van der Waals surface area contributed by atoms with Gasteiger partial charge >= 0.3 is 5.97 Å². The number of hydrogen-bond acceptors (Lipinski definition) is 6. The highest BCUT2D eigenvalue weighted by atomic mass is 16.6. The van der Waals surface area contributed by atoms with Crippen LogP contribution < -0.4 is 19.1 Å². The van der Waals surface area contributed by atoms with Crippen LogP contribution in [0.5, 0.6) is 17.2 Å². The van der Waals surface area contributed by atoms with Gasteiger partial charge in [0.25, 0.3) is 0 Å². The normalized spacial score (nSPS) is 15.9. The smallest absolute Gasteiger partial charge is 0.311 e. The Hall–Kier alpha value is -3.22. The van der Waals surface area contributed by atoms with Crippen LogP contribution in [-0.2, 0) is 14.3 Å². The van der Waals surface area contributed by atoms with E-state index in [0.717, 1.165) is 11.3 Å². The lowest BCUT2D eigenvalue weighted by atomic mass is 10.1. The zero-order chi connectivity index (χ0) is 20.8. The molecule has 29 heavy (non-hydrogen) atoms. The van der Waals surface area contributed by atoms with Crippen molar-refractivity contribution in [3.63, 3.8) is 0 Å². The van der Waals surface area contributed by atoms with Crippen molar-refractivity contribution in [3.05, 3.63) is 48.0 Å². The Morgan fingerprint density at radius 2 is 1.76 bits per heavy atom. The number of hydrogen-bond donors (Lipinski definition) is 0. The molecule has 3 rings (SSSR count). The van der Waals surface area contributed by atoms with Crippen molar-refractivity contribution in [2.45, 2.75) is 13.3 Å². The third-order valence-corrected chi connectivity index (χ3v) is 4.75. The van der Waals surface area contributed by atoms with Crippen LogP contribution in [0.1, 0.15) is 12.0 Å². The van der Waals surface area contributed by atoms with Crippen LogP contribution in [0.3, 0.4) is 0 Å². The third-order valence-electron chi connectivity index (χ3n) is 4.75. The predicted molar refractivity (Wildman–Crippen MR) is 108 cm³/mol. The van der Waals surface area contributed by atoms with Gasteiger partial charge in [0, 0.05) is 19.0 Å². The topological polar surface area (TPSA) is 74.3 Å². The lowest BCUT2D eigenvalue weighted by Gasteiger charge is -2.20. The summed E-state index contributed by atoms with van der Waals surface area (Å²) in [4.78, 5) is 26.4. The van der Waals surface area contributed by atoms with E-state index in [2.05, 4.69) is 0 Å². The van der Waals surface area contributed by atoms with Crippen molar-refractivity contribution < 1.29 is 28.5 Å². The van der Waals surface area contributed by atoms with E-state index in [9.17, 15) is 9.59 Å². The van der Waals surface area contributed by atoms with Gasteiger partial charge in [-0.3, -0.25) is 9.59 Å². The molecular formula is C22H25NO6. The first-order valence-corrected chi connectivity index (χ1v) is 9.40. The van der Waals surface area contributed by atoms with Gasteiger partial charge in [-0.15, -0.1) is 0 Å². The van der Waals surface area contributed by atoms with Gasteiger partial charge in [-0.25, -0.2) is 0 Å². The molecule has 1 aliphatic heterocycles. The van der Waals surface area contributed by atoms with Crippen LogP contribution in [0, 0.1) is 12.8 Å². The zero-order valence-electron chi connectivity index (χ0n) is 16.8. The van der Waals surface area contributed by atoms with Crippen LogP contribution >= 0.6 is 0 Å². The number of esters is 1. The summed E-state index contributed by atoms with van der Waals surface area (Å²) in [5.74, 6) is 0.793. The summed E-state index contributed by atoms with van der Waals surface area (Å²) in [7, 11) is 3.09. The van der Waals surface area contributed by atoms with E-state index in [1.165, 1.54) is 7.11 Å². The largest absolute Gasteiger partial charge is 0.497 e. The highest BCUT2D eigenvalue weighted by molar-refractivity contribution is 6.00. The van der Waals surface area contributed by atoms with E-state index in [1.807, 2.05) is 31.2 Å². The summed E-state index contributed by atoms with van der Waals surface area (Å²) in [6.07, 6.45) is 0.104. The third kappa shape index (κ3) is 4.99. The molecule has 1 heterocycles. The number of aryl methyl sites for hydroxylation is 1. The molecule has 1 aliphatic rings. The minimum Gasteiger partial charge on any atom is -0.497 e. The number of rotatable bonds is 8. The van der Waals surface area contributed by atoms with Gasteiger partial charge < -0.3 is 23.8 Å². The SMILES string of the molecule is COc1ccc(N2C[C@H](C(=O)OCCOc3ccc(C)cc3)CC2=O)c(OC)c1. The molecular weight excluding hydrogens is 374 g/mol. The van der Waals surface area contributed by atoms with Gasteiger partial charge in [-0.2, -0.15) is 0 Å². The average molecular weight is 399 g/mol. The summed E-state index contributed by atoms with van der Waals surface area (Å²) >= 11 is 0. The summed E-state index contributed by atoms with van der Waals surface area (Å²) in [6.45, 7) is 2.63. The fraction of sp³-hybridized carbons (Fsp3) is 0.364. The highest BCUT2D eigenvalue weighted by Gasteiger charge is 2.37. The second-order valence-electron chi connectivity index (χ2n) is 6.77. The van der Waals surface area contributed by atoms with Crippen LogP contribution in [0.2, 0.25) is 0 Å². The first-order chi connectivity index (χ1) is 14.0. The van der Waals surface area contributed by atoms with E-state index in [4.69, 9.17) is 18.9 Å². The fourth-order valence-electron chi connectivity index (χ4n) is 3.16. The zero-order valence-corrected chi connectivity index (χ0v) is 16.8. The first kappa shape index (κ1) is 20.5. The second-order valence-corrected chi connectivity index (χ2v) is 6.77. The lowest BCUT2D eigenvalue weighted by molar-refractivity contribution is -0.149. The Labute approximate surface area is 170 Å². The maximum Gasteiger partial charge on any atom is 0.311 e. The van der Waals surface area contributed by atoms with Crippen molar-refractivity contribution in [3.8, 4) is 17.2 Å². The Morgan fingerprint density at radius 3 is 2.45 bits per heavy atom. The van der Waals surface area contributed by atoms with Gasteiger partial charge in [0.1, 0.15) is 30.5 Å². The van der Waals surface area contributed by atoms with Gasteiger partial charge in [0.15, 0.2) is 0 Å². The number of nitrogens with zero attached hydrogens (tertiary/aromatic N) is 1. The first-order valence-electron chi connectivity index (χ1n) is 9.40. The van der Waals surface area contributed by atoms with Crippen molar-refractivity contribution >= 4 is 17.6 Å². The van der Waals surface area contributed by atoms with Crippen molar-refractivity contribution in [1.82, 2.24) is 0 Å². The summed E-state index contributed by atoms with van der Waals surface area (Å²) in [6, 6.07) is 12.8. The van der Waals surface area contributed by atoms with Crippen LogP contribution in [0.25, 0.3) is 0 Å². The van der Waals surface area contributed by atoms with Crippen molar-refractivity contribution in [2.75, 3.05) is 38.9 Å². The maximum absolute atomic E-state index is 12.5. The molecule has 0 bridgehead atoms. The molecule has 0 N–H and O–H groups in total.